The maximum absolute atomic E-state index is 5.66. The molecule has 0 fully saturated rings. The Hall–Kier alpha value is -1.42. The SMILES string of the molecule is CC(C)n1ccnc1CSc1ccc(N)cc1. The lowest BCUT2D eigenvalue weighted by Gasteiger charge is -2.11. The molecule has 2 aromatic rings. The van der Waals surface area contributed by atoms with Crippen molar-refractivity contribution in [3.8, 4) is 0 Å². The number of hydrogen-bond acceptors (Lipinski definition) is 3. The molecule has 2 rings (SSSR count). The van der Waals surface area contributed by atoms with Gasteiger partial charge in [0, 0.05) is 29.0 Å². The van der Waals surface area contributed by atoms with E-state index in [1.54, 1.807) is 11.8 Å². The smallest absolute Gasteiger partial charge is 0.119 e. The summed E-state index contributed by atoms with van der Waals surface area (Å²) in [6.07, 6.45) is 3.89. The van der Waals surface area contributed by atoms with Crippen LogP contribution in [0.2, 0.25) is 0 Å². The van der Waals surface area contributed by atoms with E-state index in [-0.39, 0.29) is 0 Å². The summed E-state index contributed by atoms with van der Waals surface area (Å²) in [5.41, 5.74) is 6.46. The van der Waals surface area contributed by atoms with Gasteiger partial charge in [0.25, 0.3) is 0 Å². The summed E-state index contributed by atoms with van der Waals surface area (Å²) in [6, 6.07) is 8.40. The highest BCUT2D eigenvalue weighted by molar-refractivity contribution is 7.98. The number of anilines is 1. The molecule has 0 saturated carbocycles. The number of imidazole rings is 1. The minimum Gasteiger partial charge on any atom is -0.399 e. The van der Waals surface area contributed by atoms with Crippen LogP contribution in [0.3, 0.4) is 0 Å². The summed E-state index contributed by atoms with van der Waals surface area (Å²) >= 11 is 1.78. The third-order valence-corrected chi connectivity index (χ3v) is 3.56. The van der Waals surface area contributed by atoms with Crippen LogP contribution in [0.1, 0.15) is 25.7 Å². The van der Waals surface area contributed by atoms with Crippen LogP contribution in [0.4, 0.5) is 5.69 Å². The lowest BCUT2D eigenvalue weighted by atomic mass is 10.3. The standard InChI is InChI=1S/C13H17N3S/c1-10(2)16-8-7-15-13(16)9-17-12-5-3-11(14)4-6-12/h3-8,10H,9,14H2,1-2H3. The predicted octanol–water partition coefficient (Wildman–Crippen LogP) is 3.34. The van der Waals surface area contributed by atoms with Crippen LogP contribution >= 0.6 is 11.8 Å². The van der Waals surface area contributed by atoms with Crippen LogP contribution in [0, 0.1) is 0 Å². The molecule has 0 radical (unpaired) electrons. The minimum absolute atomic E-state index is 0.458. The zero-order valence-corrected chi connectivity index (χ0v) is 10.9. The molecule has 0 unspecified atom stereocenters. The molecule has 0 atom stereocenters. The third-order valence-electron chi connectivity index (χ3n) is 2.55. The molecule has 4 heteroatoms. The van der Waals surface area contributed by atoms with Crippen LogP contribution in [0.5, 0.6) is 0 Å². The van der Waals surface area contributed by atoms with E-state index in [2.05, 4.69) is 23.4 Å². The topological polar surface area (TPSA) is 43.8 Å². The average Bonchev–Trinajstić information content (AvgIpc) is 2.76. The number of nitrogens with two attached hydrogens (primary N) is 1. The van der Waals surface area contributed by atoms with Gasteiger partial charge < -0.3 is 10.3 Å². The number of thioether (sulfide) groups is 1. The van der Waals surface area contributed by atoms with Crippen LogP contribution in [0.25, 0.3) is 0 Å². The molecule has 1 aromatic carbocycles. The van der Waals surface area contributed by atoms with Crippen LogP contribution in [-0.4, -0.2) is 9.55 Å². The highest BCUT2D eigenvalue weighted by Gasteiger charge is 2.06. The molecule has 0 aliphatic rings. The second-order valence-electron chi connectivity index (χ2n) is 4.20. The third kappa shape index (κ3) is 3.03. The van der Waals surface area contributed by atoms with E-state index in [0.717, 1.165) is 17.3 Å². The van der Waals surface area contributed by atoms with Crippen molar-refractivity contribution >= 4 is 17.4 Å². The van der Waals surface area contributed by atoms with Gasteiger partial charge in [-0.15, -0.1) is 11.8 Å². The zero-order chi connectivity index (χ0) is 12.3. The Kier molecular flexibility index (Phi) is 3.74. The molecule has 3 nitrogen and oxygen atoms in total. The molecule has 1 heterocycles. The van der Waals surface area contributed by atoms with E-state index in [9.17, 15) is 0 Å². The van der Waals surface area contributed by atoms with Gasteiger partial charge in [-0.05, 0) is 38.1 Å². The van der Waals surface area contributed by atoms with Gasteiger partial charge >= 0.3 is 0 Å². The van der Waals surface area contributed by atoms with Gasteiger partial charge in [0.1, 0.15) is 5.82 Å². The van der Waals surface area contributed by atoms with Crippen LogP contribution < -0.4 is 5.73 Å². The fourth-order valence-corrected chi connectivity index (χ4v) is 2.49. The maximum atomic E-state index is 5.66. The minimum atomic E-state index is 0.458. The van der Waals surface area contributed by atoms with Gasteiger partial charge in [0.2, 0.25) is 0 Å². The molecular weight excluding hydrogens is 230 g/mol. The summed E-state index contributed by atoms with van der Waals surface area (Å²) in [5, 5.41) is 0. The number of hydrogen-bond donors (Lipinski definition) is 1. The first-order valence-electron chi connectivity index (χ1n) is 5.67. The van der Waals surface area contributed by atoms with Crippen LogP contribution in [0.15, 0.2) is 41.6 Å². The Bertz CT molecular complexity index is 474. The first-order chi connectivity index (χ1) is 8.16. The molecule has 0 bridgehead atoms. The van der Waals surface area contributed by atoms with Crippen molar-refractivity contribution in [2.45, 2.75) is 30.5 Å². The Balaban J connectivity index is 2.02. The van der Waals surface area contributed by atoms with Gasteiger partial charge in [0.15, 0.2) is 0 Å². The van der Waals surface area contributed by atoms with E-state index < -0.39 is 0 Å². The molecule has 0 spiro atoms. The molecule has 0 amide bonds. The van der Waals surface area contributed by atoms with E-state index in [4.69, 9.17) is 5.73 Å². The Labute approximate surface area is 106 Å². The number of benzene rings is 1. The van der Waals surface area contributed by atoms with Crippen LogP contribution in [-0.2, 0) is 5.75 Å². The highest BCUT2D eigenvalue weighted by Crippen LogP contribution is 2.23. The summed E-state index contributed by atoms with van der Waals surface area (Å²) < 4.78 is 2.20. The van der Waals surface area contributed by atoms with E-state index in [0.29, 0.717) is 6.04 Å². The fourth-order valence-electron chi connectivity index (χ4n) is 1.64. The van der Waals surface area contributed by atoms with Crippen molar-refractivity contribution in [3.63, 3.8) is 0 Å². The first kappa shape index (κ1) is 12.0. The predicted molar refractivity (Wildman–Crippen MR) is 73.0 cm³/mol. The molecule has 2 N–H and O–H groups in total. The lowest BCUT2D eigenvalue weighted by Crippen LogP contribution is -2.04. The molecule has 17 heavy (non-hydrogen) atoms. The quantitative estimate of drug-likeness (QED) is 0.665. The Morgan fingerprint density at radius 3 is 2.65 bits per heavy atom. The normalized spacial score (nSPS) is 11.0. The van der Waals surface area contributed by atoms with E-state index in [1.807, 2.05) is 36.7 Å². The monoisotopic (exact) mass is 247 g/mol. The molecular formula is C13H17N3S. The molecule has 0 saturated heterocycles. The van der Waals surface area contributed by atoms with Crippen molar-refractivity contribution in [2.75, 3.05) is 5.73 Å². The van der Waals surface area contributed by atoms with Crippen molar-refractivity contribution in [2.24, 2.45) is 0 Å². The number of nitrogen functional groups attached to an aromatic ring is 1. The molecule has 0 aliphatic heterocycles. The van der Waals surface area contributed by atoms with Crippen molar-refractivity contribution in [3.05, 3.63) is 42.5 Å². The average molecular weight is 247 g/mol. The molecule has 1 aromatic heterocycles. The Morgan fingerprint density at radius 1 is 1.29 bits per heavy atom. The van der Waals surface area contributed by atoms with Gasteiger partial charge in [-0.25, -0.2) is 4.98 Å². The summed E-state index contributed by atoms with van der Waals surface area (Å²) in [4.78, 5) is 5.61. The molecule has 90 valence electrons. The zero-order valence-electron chi connectivity index (χ0n) is 10.1. The van der Waals surface area contributed by atoms with Gasteiger partial charge in [-0.3, -0.25) is 0 Å². The van der Waals surface area contributed by atoms with Crippen molar-refractivity contribution in [1.29, 1.82) is 0 Å². The van der Waals surface area contributed by atoms with Crippen molar-refractivity contribution < 1.29 is 0 Å². The van der Waals surface area contributed by atoms with E-state index >= 15 is 0 Å². The second-order valence-corrected chi connectivity index (χ2v) is 5.25. The number of aromatic nitrogens is 2. The molecule has 0 aliphatic carbocycles. The number of rotatable bonds is 4. The highest BCUT2D eigenvalue weighted by atomic mass is 32.2. The number of nitrogens with zero attached hydrogens (tertiary/aromatic N) is 2. The largest absolute Gasteiger partial charge is 0.399 e. The summed E-state index contributed by atoms with van der Waals surface area (Å²) in [7, 11) is 0. The first-order valence-corrected chi connectivity index (χ1v) is 6.65. The van der Waals surface area contributed by atoms with Gasteiger partial charge in [-0.2, -0.15) is 0 Å². The summed E-state index contributed by atoms with van der Waals surface area (Å²) in [6.45, 7) is 4.33. The van der Waals surface area contributed by atoms with Gasteiger partial charge in [0.05, 0.1) is 5.75 Å². The maximum Gasteiger partial charge on any atom is 0.119 e. The fraction of sp³-hybridized carbons (Fsp3) is 0.308. The van der Waals surface area contributed by atoms with E-state index in [1.165, 1.54) is 4.90 Å². The Morgan fingerprint density at radius 2 is 2.00 bits per heavy atom. The lowest BCUT2D eigenvalue weighted by molar-refractivity contribution is 0.580. The van der Waals surface area contributed by atoms with Crippen molar-refractivity contribution in [1.82, 2.24) is 9.55 Å². The van der Waals surface area contributed by atoms with Gasteiger partial charge in [-0.1, -0.05) is 0 Å². The summed E-state index contributed by atoms with van der Waals surface area (Å²) in [5.74, 6) is 2.00. The second kappa shape index (κ2) is 5.27.